The van der Waals surface area contributed by atoms with E-state index in [0.717, 1.165) is 24.9 Å². The Bertz CT molecular complexity index is 441. The molecule has 17 heavy (non-hydrogen) atoms. The van der Waals surface area contributed by atoms with Gasteiger partial charge < -0.3 is 15.2 Å². The molecule has 3 rings (SSSR count). The van der Waals surface area contributed by atoms with Crippen molar-refractivity contribution in [2.75, 3.05) is 6.54 Å². The van der Waals surface area contributed by atoms with Gasteiger partial charge in [-0.05, 0) is 24.5 Å². The van der Waals surface area contributed by atoms with Gasteiger partial charge in [-0.2, -0.15) is 0 Å². The van der Waals surface area contributed by atoms with Crippen LogP contribution in [0.2, 0.25) is 0 Å². The van der Waals surface area contributed by atoms with Crippen LogP contribution in [0.25, 0.3) is 0 Å². The molecule has 0 spiro atoms. The van der Waals surface area contributed by atoms with Gasteiger partial charge >= 0.3 is 0 Å². The fraction of sp³-hybridized carbons (Fsp3) is 0.500. The molecule has 0 unspecified atom stereocenters. The Balaban J connectivity index is 1.77. The van der Waals surface area contributed by atoms with Gasteiger partial charge in [-0.25, -0.2) is 0 Å². The third kappa shape index (κ3) is 1.71. The maximum atomic E-state index is 12.2. The van der Waals surface area contributed by atoms with Gasteiger partial charge in [0.25, 0.3) is 0 Å². The van der Waals surface area contributed by atoms with Crippen LogP contribution < -0.4 is 5.32 Å². The van der Waals surface area contributed by atoms with Crippen molar-refractivity contribution < 1.29 is 9.59 Å². The van der Waals surface area contributed by atoms with E-state index in [1.54, 1.807) is 4.90 Å². The van der Waals surface area contributed by atoms with Gasteiger partial charge in [-0.1, -0.05) is 0 Å². The van der Waals surface area contributed by atoms with Crippen molar-refractivity contribution in [3.63, 3.8) is 0 Å². The Morgan fingerprint density at radius 3 is 3.06 bits per heavy atom. The zero-order valence-electron chi connectivity index (χ0n) is 9.48. The number of aromatic nitrogens is 1. The molecule has 90 valence electrons. The second-order valence-corrected chi connectivity index (χ2v) is 4.67. The zero-order valence-corrected chi connectivity index (χ0v) is 9.48. The molecule has 0 saturated carbocycles. The van der Waals surface area contributed by atoms with E-state index in [0.29, 0.717) is 6.42 Å². The highest BCUT2D eigenvalue weighted by Crippen LogP contribution is 2.23. The van der Waals surface area contributed by atoms with E-state index in [9.17, 15) is 9.59 Å². The summed E-state index contributed by atoms with van der Waals surface area (Å²) in [5.41, 5.74) is 1.04. The summed E-state index contributed by atoms with van der Waals surface area (Å²) in [5.74, 6) is 0.0657. The largest absolute Gasteiger partial charge is 0.367 e. The molecule has 1 aromatic heterocycles. The zero-order chi connectivity index (χ0) is 11.8. The maximum absolute atomic E-state index is 12.2. The summed E-state index contributed by atoms with van der Waals surface area (Å²) >= 11 is 0. The number of fused-ring (bicyclic) bond motifs is 1. The van der Waals surface area contributed by atoms with Crippen molar-refractivity contribution in [3.05, 3.63) is 24.0 Å². The minimum Gasteiger partial charge on any atom is -0.367 e. The summed E-state index contributed by atoms with van der Waals surface area (Å²) in [6, 6.07) is 1.31. The average Bonchev–Trinajstić information content (AvgIpc) is 2.96. The number of aromatic amines is 1. The highest BCUT2D eigenvalue weighted by molar-refractivity contribution is 5.97. The summed E-state index contributed by atoms with van der Waals surface area (Å²) in [5, 5.41) is 2.83. The number of carbonyl (C=O) groups excluding carboxylic acids is 2. The predicted octanol–water partition coefficient (Wildman–Crippen LogP) is 0.0466. The van der Waals surface area contributed by atoms with E-state index >= 15 is 0 Å². The van der Waals surface area contributed by atoms with Gasteiger partial charge in [-0.3, -0.25) is 9.59 Å². The first-order valence-electron chi connectivity index (χ1n) is 5.98. The molecule has 2 atom stereocenters. The van der Waals surface area contributed by atoms with Crippen LogP contribution in [0.15, 0.2) is 18.5 Å². The van der Waals surface area contributed by atoms with E-state index in [-0.39, 0.29) is 17.9 Å². The lowest BCUT2D eigenvalue weighted by Crippen LogP contribution is -2.61. The number of hydrogen-bond donors (Lipinski definition) is 2. The Morgan fingerprint density at radius 2 is 2.29 bits per heavy atom. The van der Waals surface area contributed by atoms with E-state index in [4.69, 9.17) is 0 Å². The molecule has 2 saturated heterocycles. The number of piperazine rings is 1. The van der Waals surface area contributed by atoms with Crippen LogP contribution in [0.3, 0.4) is 0 Å². The van der Waals surface area contributed by atoms with Crippen molar-refractivity contribution in [2.24, 2.45) is 0 Å². The summed E-state index contributed by atoms with van der Waals surface area (Å²) in [4.78, 5) is 28.7. The number of nitrogens with one attached hydrogen (secondary N) is 2. The number of rotatable bonds is 2. The van der Waals surface area contributed by atoms with Gasteiger partial charge in [0.05, 0.1) is 0 Å². The van der Waals surface area contributed by atoms with Gasteiger partial charge in [0.2, 0.25) is 11.8 Å². The monoisotopic (exact) mass is 233 g/mol. The van der Waals surface area contributed by atoms with Crippen LogP contribution >= 0.6 is 0 Å². The Labute approximate surface area is 99.2 Å². The normalized spacial score (nSPS) is 28.1. The number of amides is 2. The third-order valence-electron chi connectivity index (χ3n) is 3.56. The average molecular weight is 233 g/mol. The van der Waals surface area contributed by atoms with Gasteiger partial charge in [0, 0.05) is 25.4 Å². The molecule has 2 fully saturated rings. The Kier molecular flexibility index (Phi) is 2.39. The summed E-state index contributed by atoms with van der Waals surface area (Å²) < 4.78 is 0. The fourth-order valence-electron chi connectivity index (χ4n) is 2.69. The first-order chi connectivity index (χ1) is 8.25. The van der Waals surface area contributed by atoms with Crippen molar-refractivity contribution >= 4 is 11.8 Å². The minimum atomic E-state index is -0.396. The molecule has 2 amide bonds. The maximum Gasteiger partial charge on any atom is 0.246 e. The van der Waals surface area contributed by atoms with Gasteiger partial charge in [0.15, 0.2) is 0 Å². The molecule has 0 radical (unpaired) electrons. The molecule has 2 N–H and O–H groups in total. The Morgan fingerprint density at radius 1 is 1.41 bits per heavy atom. The molecule has 0 bridgehead atoms. The first-order valence-corrected chi connectivity index (χ1v) is 5.98. The smallest absolute Gasteiger partial charge is 0.246 e. The van der Waals surface area contributed by atoms with E-state index in [1.165, 1.54) is 0 Å². The van der Waals surface area contributed by atoms with Crippen molar-refractivity contribution in [1.82, 2.24) is 15.2 Å². The molecule has 2 aliphatic rings. The lowest BCUT2D eigenvalue weighted by atomic mass is 10.0. The molecule has 0 aliphatic carbocycles. The molecule has 5 nitrogen and oxygen atoms in total. The number of H-pyrrole nitrogens is 1. The second kappa shape index (κ2) is 3.91. The highest BCUT2D eigenvalue weighted by Gasteiger charge is 2.42. The quantitative estimate of drug-likeness (QED) is 0.758. The van der Waals surface area contributed by atoms with Crippen LogP contribution in [0.4, 0.5) is 0 Å². The fourth-order valence-corrected chi connectivity index (χ4v) is 2.69. The predicted molar refractivity (Wildman–Crippen MR) is 61.2 cm³/mol. The molecule has 0 aromatic carbocycles. The first kappa shape index (κ1) is 10.4. The lowest BCUT2D eigenvalue weighted by molar-refractivity contribution is -0.146. The van der Waals surface area contributed by atoms with E-state index < -0.39 is 6.04 Å². The molecule has 1 aromatic rings. The van der Waals surface area contributed by atoms with Crippen LogP contribution in [0, 0.1) is 0 Å². The van der Waals surface area contributed by atoms with Crippen LogP contribution in [-0.4, -0.2) is 40.3 Å². The van der Waals surface area contributed by atoms with Crippen LogP contribution in [0.5, 0.6) is 0 Å². The van der Waals surface area contributed by atoms with Crippen molar-refractivity contribution in [3.8, 4) is 0 Å². The molecule has 3 heterocycles. The van der Waals surface area contributed by atoms with E-state index in [1.807, 2.05) is 18.5 Å². The lowest BCUT2D eigenvalue weighted by Gasteiger charge is -2.34. The van der Waals surface area contributed by atoms with Crippen LogP contribution in [-0.2, 0) is 16.0 Å². The topological polar surface area (TPSA) is 65.2 Å². The Hall–Kier alpha value is -1.78. The molecular weight excluding hydrogens is 218 g/mol. The molecule has 5 heteroatoms. The van der Waals surface area contributed by atoms with Gasteiger partial charge in [0.1, 0.15) is 12.1 Å². The van der Waals surface area contributed by atoms with Crippen molar-refractivity contribution in [2.45, 2.75) is 31.3 Å². The number of hydrogen-bond acceptors (Lipinski definition) is 2. The van der Waals surface area contributed by atoms with Gasteiger partial charge in [-0.15, -0.1) is 0 Å². The number of carbonyl (C=O) groups is 2. The minimum absolute atomic E-state index is 0.00244. The third-order valence-corrected chi connectivity index (χ3v) is 3.56. The van der Waals surface area contributed by atoms with Crippen molar-refractivity contribution in [1.29, 1.82) is 0 Å². The second-order valence-electron chi connectivity index (χ2n) is 4.67. The van der Waals surface area contributed by atoms with Crippen LogP contribution in [0.1, 0.15) is 18.4 Å². The molecular formula is C12H15N3O2. The summed E-state index contributed by atoms with van der Waals surface area (Å²) in [6.07, 6.45) is 5.98. The summed E-state index contributed by atoms with van der Waals surface area (Å²) in [6.45, 7) is 0.723. The standard InChI is InChI=1S/C12H15N3O2/c16-11-10-2-1-5-15(10)12(17)9(14-11)6-8-3-4-13-7-8/h3-4,7,9-10,13H,1-2,5-6H2,(H,14,16)/t9-,10-/m0/s1. The SMILES string of the molecule is O=C1N[C@@H](Cc2cc[nH]c2)C(=O)N2CCC[C@@H]12. The highest BCUT2D eigenvalue weighted by atomic mass is 16.2. The molecule has 2 aliphatic heterocycles. The number of nitrogens with zero attached hydrogens (tertiary/aromatic N) is 1. The van der Waals surface area contributed by atoms with E-state index in [2.05, 4.69) is 10.3 Å². The summed E-state index contributed by atoms with van der Waals surface area (Å²) in [7, 11) is 0.